The third kappa shape index (κ3) is 2.73. The molecular formula is C17H23N3O2. The molecule has 2 aliphatic rings. The average molecular weight is 301 g/mol. The minimum absolute atomic E-state index is 0.0413. The summed E-state index contributed by atoms with van der Waals surface area (Å²) < 4.78 is 0. The number of nitrogens with one attached hydrogen (secondary N) is 1. The lowest BCUT2D eigenvalue weighted by atomic mass is 9.90. The highest BCUT2D eigenvalue weighted by Crippen LogP contribution is 2.27. The lowest BCUT2D eigenvalue weighted by Crippen LogP contribution is -2.51. The maximum absolute atomic E-state index is 12.8. The smallest absolute Gasteiger partial charge is 0.254 e. The van der Waals surface area contributed by atoms with Crippen LogP contribution < -0.4 is 11.1 Å². The molecule has 0 saturated carbocycles. The zero-order valence-electron chi connectivity index (χ0n) is 13.0. The number of piperidine rings is 1. The van der Waals surface area contributed by atoms with Gasteiger partial charge in [-0.15, -0.1) is 0 Å². The summed E-state index contributed by atoms with van der Waals surface area (Å²) in [6.45, 7) is 3.45. The number of benzene rings is 1. The molecule has 0 bridgehead atoms. The van der Waals surface area contributed by atoms with E-state index in [1.807, 2.05) is 17.0 Å². The number of rotatable bonds is 2. The molecule has 0 radical (unpaired) electrons. The van der Waals surface area contributed by atoms with Crippen LogP contribution in [0.1, 0.15) is 42.1 Å². The van der Waals surface area contributed by atoms with E-state index in [1.54, 1.807) is 6.07 Å². The van der Waals surface area contributed by atoms with E-state index in [1.165, 1.54) is 0 Å². The van der Waals surface area contributed by atoms with Gasteiger partial charge in [-0.3, -0.25) is 9.59 Å². The van der Waals surface area contributed by atoms with E-state index in [-0.39, 0.29) is 17.9 Å². The lowest BCUT2D eigenvalue weighted by molar-refractivity contribution is -0.116. The van der Waals surface area contributed by atoms with Gasteiger partial charge < -0.3 is 16.0 Å². The van der Waals surface area contributed by atoms with Crippen molar-refractivity contribution in [1.82, 2.24) is 4.90 Å². The number of aryl methyl sites for hydroxylation is 1. The van der Waals surface area contributed by atoms with Gasteiger partial charge in [0.1, 0.15) is 0 Å². The Kier molecular flexibility index (Phi) is 4.16. The van der Waals surface area contributed by atoms with Gasteiger partial charge in [-0.25, -0.2) is 0 Å². The fourth-order valence-electron chi connectivity index (χ4n) is 3.54. The summed E-state index contributed by atoms with van der Waals surface area (Å²) in [5.74, 6) is 0.543. The van der Waals surface area contributed by atoms with E-state index in [2.05, 4.69) is 12.2 Å². The number of carbonyl (C=O) groups is 2. The van der Waals surface area contributed by atoms with Crippen molar-refractivity contribution in [2.75, 3.05) is 18.4 Å². The number of hydrogen-bond donors (Lipinski definition) is 2. The molecule has 1 saturated heterocycles. The number of hydrogen-bond acceptors (Lipinski definition) is 3. The quantitative estimate of drug-likeness (QED) is 0.874. The number of fused-ring (bicyclic) bond motifs is 1. The van der Waals surface area contributed by atoms with E-state index < -0.39 is 0 Å². The first-order chi connectivity index (χ1) is 10.6. The first-order valence-electron chi connectivity index (χ1n) is 8.04. The summed E-state index contributed by atoms with van der Waals surface area (Å²) >= 11 is 0. The third-order valence-corrected chi connectivity index (χ3v) is 4.87. The van der Waals surface area contributed by atoms with Gasteiger partial charge >= 0.3 is 0 Å². The van der Waals surface area contributed by atoms with Crippen LogP contribution in [0.25, 0.3) is 0 Å². The summed E-state index contributed by atoms with van der Waals surface area (Å²) in [6, 6.07) is 5.69. The normalized spacial score (nSPS) is 24.6. The lowest BCUT2D eigenvalue weighted by Gasteiger charge is -2.39. The SMILES string of the molecule is C[C@H]1CCCN(C(=O)c2ccc3c(c2)CCC(=O)N3)[C@H]1CN. The van der Waals surface area contributed by atoms with E-state index in [0.29, 0.717) is 30.9 Å². The predicted molar refractivity (Wildman–Crippen MR) is 85.7 cm³/mol. The monoisotopic (exact) mass is 301 g/mol. The molecule has 5 nitrogen and oxygen atoms in total. The molecule has 3 rings (SSSR count). The van der Waals surface area contributed by atoms with Gasteiger partial charge in [0.25, 0.3) is 5.91 Å². The van der Waals surface area contributed by atoms with Crippen LogP contribution in [0, 0.1) is 5.92 Å². The molecule has 0 aromatic heterocycles. The summed E-state index contributed by atoms with van der Waals surface area (Å²) in [5.41, 5.74) is 8.45. The van der Waals surface area contributed by atoms with Crippen LogP contribution in [-0.2, 0) is 11.2 Å². The number of likely N-dealkylation sites (tertiary alicyclic amines) is 1. The maximum Gasteiger partial charge on any atom is 0.254 e. The van der Waals surface area contributed by atoms with E-state index in [0.717, 1.165) is 30.6 Å². The van der Waals surface area contributed by atoms with Crippen molar-refractivity contribution in [3.05, 3.63) is 29.3 Å². The summed E-state index contributed by atoms with van der Waals surface area (Å²) in [6.07, 6.45) is 3.34. The fourth-order valence-corrected chi connectivity index (χ4v) is 3.54. The second-order valence-corrected chi connectivity index (χ2v) is 6.34. The molecular weight excluding hydrogens is 278 g/mol. The highest BCUT2D eigenvalue weighted by atomic mass is 16.2. The van der Waals surface area contributed by atoms with Crippen LogP contribution in [0.15, 0.2) is 18.2 Å². The van der Waals surface area contributed by atoms with Crippen molar-refractivity contribution >= 4 is 17.5 Å². The molecule has 22 heavy (non-hydrogen) atoms. The Morgan fingerprint density at radius 3 is 3.00 bits per heavy atom. The number of anilines is 1. The molecule has 5 heteroatoms. The highest BCUT2D eigenvalue weighted by Gasteiger charge is 2.31. The molecule has 3 N–H and O–H groups in total. The Morgan fingerprint density at radius 2 is 2.23 bits per heavy atom. The molecule has 118 valence electrons. The molecule has 2 atom stereocenters. The van der Waals surface area contributed by atoms with Gasteiger partial charge in [-0.2, -0.15) is 0 Å². The van der Waals surface area contributed by atoms with Gasteiger partial charge in [0.2, 0.25) is 5.91 Å². The molecule has 2 amide bonds. The molecule has 0 unspecified atom stereocenters. The first kappa shape index (κ1) is 15.0. The van der Waals surface area contributed by atoms with Crippen LogP contribution in [-0.4, -0.2) is 35.8 Å². The number of nitrogens with zero attached hydrogens (tertiary/aromatic N) is 1. The minimum atomic E-state index is 0.0413. The van der Waals surface area contributed by atoms with E-state index in [9.17, 15) is 9.59 Å². The van der Waals surface area contributed by atoms with Crippen LogP contribution in [0.5, 0.6) is 0 Å². The number of carbonyl (C=O) groups excluding carboxylic acids is 2. The Balaban J connectivity index is 1.84. The average Bonchev–Trinajstić information content (AvgIpc) is 2.53. The number of nitrogens with two attached hydrogens (primary N) is 1. The summed E-state index contributed by atoms with van der Waals surface area (Å²) in [4.78, 5) is 26.2. The number of amides is 2. The first-order valence-corrected chi connectivity index (χ1v) is 8.04. The van der Waals surface area contributed by atoms with Crippen LogP contribution in [0.2, 0.25) is 0 Å². The third-order valence-electron chi connectivity index (χ3n) is 4.87. The molecule has 2 aliphatic heterocycles. The molecule has 1 fully saturated rings. The largest absolute Gasteiger partial charge is 0.334 e. The Labute approximate surface area is 130 Å². The van der Waals surface area contributed by atoms with Gasteiger partial charge in [-0.05, 0) is 48.9 Å². The van der Waals surface area contributed by atoms with Crippen LogP contribution >= 0.6 is 0 Å². The second-order valence-electron chi connectivity index (χ2n) is 6.34. The highest BCUT2D eigenvalue weighted by molar-refractivity contribution is 5.98. The molecule has 1 aromatic rings. The molecule has 0 spiro atoms. The second kappa shape index (κ2) is 6.08. The van der Waals surface area contributed by atoms with E-state index >= 15 is 0 Å². The van der Waals surface area contributed by atoms with Gasteiger partial charge in [0.15, 0.2) is 0 Å². The zero-order valence-corrected chi connectivity index (χ0v) is 13.0. The van der Waals surface area contributed by atoms with Crippen LogP contribution in [0.3, 0.4) is 0 Å². The molecule has 2 heterocycles. The minimum Gasteiger partial charge on any atom is -0.334 e. The van der Waals surface area contributed by atoms with Crippen molar-refractivity contribution in [2.24, 2.45) is 11.7 Å². The summed E-state index contributed by atoms with van der Waals surface area (Å²) in [7, 11) is 0. The molecule has 0 aliphatic carbocycles. The van der Waals surface area contributed by atoms with Crippen LogP contribution in [0.4, 0.5) is 5.69 Å². The Bertz CT molecular complexity index is 600. The maximum atomic E-state index is 12.8. The van der Waals surface area contributed by atoms with Crippen molar-refractivity contribution in [3.63, 3.8) is 0 Å². The molecule has 1 aromatic carbocycles. The van der Waals surface area contributed by atoms with Crippen molar-refractivity contribution in [2.45, 2.75) is 38.6 Å². The van der Waals surface area contributed by atoms with Gasteiger partial charge in [-0.1, -0.05) is 6.92 Å². The van der Waals surface area contributed by atoms with Gasteiger partial charge in [0, 0.05) is 36.8 Å². The van der Waals surface area contributed by atoms with E-state index in [4.69, 9.17) is 5.73 Å². The zero-order chi connectivity index (χ0) is 15.7. The van der Waals surface area contributed by atoms with Crippen molar-refractivity contribution in [3.8, 4) is 0 Å². The van der Waals surface area contributed by atoms with Gasteiger partial charge in [0.05, 0.1) is 0 Å². The summed E-state index contributed by atoms with van der Waals surface area (Å²) in [5, 5.41) is 2.85. The predicted octanol–water partition coefficient (Wildman–Crippen LogP) is 1.77. The topological polar surface area (TPSA) is 75.4 Å². The van der Waals surface area contributed by atoms with Crippen molar-refractivity contribution < 1.29 is 9.59 Å². The van der Waals surface area contributed by atoms with Crippen molar-refractivity contribution in [1.29, 1.82) is 0 Å². The standard InChI is InChI=1S/C17H23N3O2/c1-11-3-2-8-20(15(11)10-18)17(22)13-4-6-14-12(9-13)5-7-16(21)19-14/h4,6,9,11,15H,2-3,5,7-8,10,18H2,1H3,(H,19,21)/t11-,15-/m0/s1. The Morgan fingerprint density at radius 1 is 1.41 bits per heavy atom. The fraction of sp³-hybridized carbons (Fsp3) is 0.529. The Hall–Kier alpha value is -1.88.